The summed E-state index contributed by atoms with van der Waals surface area (Å²) < 4.78 is 26.1. The SMILES string of the molecule is C=C([C@H](C)O)N1CCC(Oc2cc3ncnc(Nc4ccc(Cl)cc4F)c3cc2OC)CC1. The van der Waals surface area contributed by atoms with Crippen molar-refractivity contribution in [3.63, 3.8) is 0 Å². The molecule has 0 aliphatic carbocycles. The first-order valence-corrected chi connectivity index (χ1v) is 11.1. The van der Waals surface area contributed by atoms with Gasteiger partial charge in [-0.25, -0.2) is 14.4 Å². The number of hydrogen-bond acceptors (Lipinski definition) is 7. The van der Waals surface area contributed by atoms with Gasteiger partial charge in [0.15, 0.2) is 11.5 Å². The molecule has 7 nitrogen and oxygen atoms in total. The molecule has 2 aromatic carbocycles. The van der Waals surface area contributed by atoms with Crippen LogP contribution in [-0.4, -0.2) is 52.4 Å². The minimum Gasteiger partial charge on any atom is -0.493 e. The smallest absolute Gasteiger partial charge is 0.163 e. The van der Waals surface area contributed by atoms with E-state index in [0.717, 1.165) is 31.6 Å². The van der Waals surface area contributed by atoms with Crippen LogP contribution in [0.2, 0.25) is 5.02 Å². The molecule has 1 aliphatic heterocycles. The van der Waals surface area contributed by atoms with Gasteiger partial charge in [-0.1, -0.05) is 18.2 Å². The number of likely N-dealkylation sites (tertiary alicyclic amines) is 1. The third-order valence-electron chi connectivity index (χ3n) is 5.73. The number of ether oxygens (including phenoxy) is 2. The van der Waals surface area contributed by atoms with Crippen LogP contribution in [0.4, 0.5) is 15.9 Å². The minimum absolute atomic E-state index is 0.00278. The number of piperidine rings is 1. The highest BCUT2D eigenvalue weighted by Gasteiger charge is 2.24. The molecule has 3 aromatic rings. The zero-order valence-electron chi connectivity index (χ0n) is 18.5. The molecule has 2 heterocycles. The average molecular weight is 473 g/mol. The van der Waals surface area contributed by atoms with Crippen molar-refractivity contribution in [1.29, 1.82) is 0 Å². The van der Waals surface area contributed by atoms with Gasteiger partial charge in [-0.3, -0.25) is 0 Å². The van der Waals surface area contributed by atoms with E-state index in [4.69, 9.17) is 21.1 Å². The monoisotopic (exact) mass is 472 g/mol. The number of nitrogens with one attached hydrogen (secondary N) is 1. The second-order valence-electron chi connectivity index (χ2n) is 7.96. The highest BCUT2D eigenvalue weighted by atomic mass is 35.5. The predicted octanol–water partition coefficient (Wildman–Crippen LogP) is 4.91. The van der Waals surface area contributed by atoms with Crippen LogP contribution < -0.4 is 14.8 Å². The predicted molar refractivity (Wildman–Crippen MR) is 127 cm³/mol. The van der Waals surface area contributed by atoms with Gasteiger partial charge in [-0.15, -0.1) is 0 Å². The molecular weight excluding hydrogens is 447 g/mol. The van der Waals surface area contributed by atoms with Crippen LogP contribution in [0.5, 0.6) is 11.5 Å². The number of aromatic nitrogens is 2. The van der Waals surface area contributed by atoms with Crippen LogP contribution in [0.25, 0.3) is 10.9 Å². The summed E-state index contributed by atoms with van der Waals surface area (Å²) in [6.07, 6.45) is 2.43. The molecule has 9 heteroatoms. The third kappa shape index (κ3) is 5.12. The number of fused-ring (bicyclic) bond motifs is 1. The lowest BCUT2D eigenvalue weighted by atomic mass is 10.1. The van der Waals surface area contributed by atoms with E-state index in [-0.39, 0.29) is 11.8 Å². The Kier molecular flexibility index (Phi) is 6.85. The van der Waals surface area contributed by atoms with E-state index in [2.05, 4.69) is 26.8 Å². The molecule has 0 unspecified atom stereocenters. The van der Waals surface area contributed by atoms with Gasteiger partial charge in [0.05, 0.1) is 24.4 Å². The highest BCUT2D eigenvalue weighted by Crippen LogP contribution is 2.36. The molecule has 33 heavy (non-hydrogen) atoms. The summed E-state index contributed by atoms with van der Waals surface area (Å²) in [5, 5.41) is 13.7. The molecule has 0 radical (unpaired) electrons. The van der Waals surface area contributed by atoms with Gasteiger partial charge in [0.2, 0.25) is 0 Å². The summed E-state index contributed by atoms with van der Waals surface area (Å²) in [4.78, 5) is 10.7. The molecule has 2 N–H and O–H groups in total. The van der Waals surface area contributed by atoms with E-state index >= 15 is 0 Å². The summed E-state index contributed by atoms with van der Waals surface area (Å²) in [6.45, 7) is 7.19. The Morgan fingerprint density at radius 1 is 1.24 bits per heavy atom. The minimum atomic E-state index is -0.563. The van der Waals surface area contributed by atoms with Crippen molar-refractivity contribution in [3.8, 4) is 11.5 Å². The van der Waals surface area contributed by atoms with Crippen LogP contribution in [0.1, 0.15) is 19.8 Å². The Bertz CT molecular complexity index is 1170. The zero-order valence-corrected chi connectivity index (χ0v) is 19.3. The molecular formula is C24H26ClFN4O3. The number of rotatable bonds is 7. The molecule has 4 rings (SSSR count). The molecule has 1 saturated heterocycles. The van der Waals surface area contributed by atoms with Crippen molar-refractivity contribution in [2.24, 2.45) is 0 Å². The normalized spacial score (nSPS) is 15.4. The number of aliphatic hydroxyl groups excluding tert-OH is 1. The first kappa shape index (κ1) is 23.1. The van der Waals surface area contributed by atoms with Gasteiger partial charge in [0.25, 0.3) is 0 Å². The summed E-state index contributed by atoms with van der Waals surface area (Å²) in [7, 11) is 1.57. The highest BCUT2D eigenvalue weighted by molar-refractivity contribution is 6.30. The fourth-order valence-corrected chi connectivity index (χ4v) is 4.00. The fourth-order valence-electron chi connectivity index (χ4n) is 3.84. The molecule has 0 bridgehead atoms. The van der Waals surface area contributed by atoms with Crippen LogP contribution in [0, 0.1) is 5.82 Å². The van der Waals surface area contributed by atoms with Gasteiger partial charge < -0.3 is 24.8 Å². The molecule has 1 aromatic heterocycles. The number of aliphatic hydroxyl groups is 1. The molecule has 1 fully saturated rings. The second-order valence-corrected chi connectivity index (χ2v) is 8.40. The van der Waals surface area contributed by atoms with Crippen molar-refractivity contribution in [3.05, 3.63) is 59.8 Å². The molecule has 1 atom stereocenters. The van der Waals surface area contributed by atoms with Gasteiger partial charge in [-0.2, -0.15) is 0 Å². The van der Waals surface area contributed by atoms with Crippen molar-refractivity contribution >= 4 is 34.0 Å². The third-order valence-corrected chi connectivity index (χ3v) is 5.96. The van der Waals surface area contributed by atoms with Crippen molar-refractivity contribution in [2.45, 2.75) is 32.0 Å². The molecule has 0 saturated carbocycles. The van der Waals surface area contributed by atoms with Crippen LogP contribution >= 0.6 is 11.6 Å². The molecule has 174 valence electrons. The number of benzene rings is 2. The maximum atomic E-state index is 14.3. The van der Waals surface area contributed by atoms with Crippen molar-refractivity contribution in [1.82, 2.24) is 14.9 Å². The first-order chi connectivity index (χ1) is 15.9. The molecule has 1 aliphatic rings. The van der Waals surface area contributed by atoms with E-state index in [0.29, 0.717) is 33.2 Å². The largest absolute Gasteiger partial charge is 0.493 e. The van der Waals surface area contributed by atoms with E-state index in [1.165, 1.54) is 12.4 Å². The van der Waals surface area contributed by atoms with E-state index in [9.17, 15) is 9.50 Å². The van der Waals surface area contributed by atoms with Gasteiger partial charge >= 0.3 is 0 Å². The van der Waals surface area contributed by atoms with Crippen LogP contribution in [-0.2, 0) is 0 Å². The number of halogens is 2. The summed E-state index contributed by atoms with van der Waals surface area (Å²) in [5.41, 5.74) is 1.62. The van der Waals surface area contributed by atoms with Crippen LogP contribution in [0.15, 0.2) is 48.9 Å². The maximum Gasteiger partial charge on any atom is 0.163 e. The lowest BCUT2D eigenvalue weighted by Crippen LogP contribution is -2.39. The summed E-state index contributed by atoms with van der Waals surface area (Å²) >= 11 is 5.85. The Balaban J connectivity index is 1.55. The first-order valence-electron chi connectivity index (χ1n) is 10.7. The van der Waals surface area contributed by atoms with Gasteiger partial charge in [0, 0.05) is 48.1 Å². The van der Waals surface area contributed by atoms with E-state index < -0.39 is 11.9 Å². The van der Waals surface area contributed by atoms with Gasteiger partial charge in [-0.05, 0) is 31.2 Å². The Hall–Kier alpha value is -3.10. The summed E-state index contributed by atoms with van der Waals surface area (Å²) in [5.74, 6) is 1.08. The standard InChI is InChI=1S/C24H26ClFN4O3/c1-14(15(2)31)30-8-6-17(7-9-30)33-23-12-21-18(11-22(23)32-3)24(28-13-27-21)29-20-5-4-16(25)10-19(20)26/h4-5,10-13,15,17,31H,1,6-9H2,2-3H3,(H,27,28,29)/t15-/m0/s1. The van der Waals surface area contributed by atoms with Crippen molar-refractivity contribution < 1.29 is 19.0 Å². The molecule has 0 spiro atoms. The Labute approximate surface area is 196 Å². The number of anilines is 2. The Morgan fingerprint density at radius 3 is 2.67 bits per heavy atom. The summed E-state index contributed by atoms with van der Waals surface area (Å²) in [6, 6.07) is 7.98. The Morgan fingerprint density at radius 2 is 2.00 bits per heavy atom. The van der Waals surface area contributed by atoms with Crippen molar-refractivity contribution in [2.75, 3.05) is 25.5 Å². The zero-order chi connectivity index (χ0) is 23.5. The quantitative estimate of drug-likeness (QED) is 0.505. The average Bonchev–Trinajstić information content (AvgIpc) is 2.80. The fraction of sp³-hybridized carbons (Fsp3) is 0.333. The maximum absolute atomic E-state index is 14.3. The van der Waals surface area contributed by atoms with E-state index in [1.807, 2.05) is 0 Å². The number of hydrogen-bond donors (Lipinski definition) is 2. The lowest BCUT2D eigenvalue weighted by Gasteiger charge is -2.35. The van der Waals surface area contributed by atoms with Crippen LogP contribution in [0.3, 0.4) is 0 Å². The topological polar surface area (TPSA) is 79.7 Å². The lowest BCUT2D eigenvalue weighted by molar-refractivity contribution is 0.0958. The number of methoxy groups -OCH3 is 1. The molecule has 0 amide bonds. The van der Waals surface area contributed by atoms with Gasteiger partial charge in [0.1, 0.15) is 24.1 Å². The van der Waals surface area contributed by atoms with E-state index in [1.54, 1.807) is 38.3 Å². The second kappa shape index (κ2) is 9.80. The number of nitrogens with zero attached hydrogens (tertiary/aromatic N) is 3.